The molecule has 0 radical (unpaired) electrons. The average molecular weight is 241 g/mol. The number of thioether (sulfide) groups is 1. The van der Waals surface area contributed by atoms with Crippen LogP contribution in [0.1, 0.15) is 23.3 Å². The molecule has 0 aromatic carbocycles. The summed E-state index contributed by atoms with van der Waals surface area (Å²) >= 11 is 3.97. The molecule has 1 aromatic rings. The van der Waals surface area contributed by atoms with Gasteiger partial charge in [0.2, 0.25) is 0 Å². The van der Waals surface area contributed by atoms with Crippen molar-refractivity contribution >= 4 is 23.1 Å². The van der Waals surface area contributed by atoms with Crippen LogP contribution in [0.25, 0.3) is 0 Å². The van der Waals surface area contributed by atoms with Gasteiger partial charge in [-0.05, 0) is 48.4 Å². The maximum absolute atomic E-state index is 3.51. The highest BCUT2D eigenvalue weighted by atomic mass is 32.2. The van der Waals surface area contributed by atoms with Gasteiger partial charge in [-0.1, -0.05) is 0 Å². The molecule has 3 heteroatoms. The first kappa shape index (κ1) is 11.5. The Morgan fingerprint density at radius 1 is 1.53 bits per heavy atom. The lowest BCUT2D eigenvalue weighted by Crippen LogP contribution is -2.16. The van der Waals surface area contributed by atoms with Gasteiger partial charge in [0, 0.05) is 23.7 Å². The molecule has 0 unspecified atom stereocenters. The highest BCUT2D eigenvalue weighted by Crippen LogP contribution is 2.32. The van der Waals surface area contributed by atoms with Crippen molar-refractivity contribution in [1.29, 1.82) is 0 Å². The van der Waals surface area contributed by atoms with E-state index in [4.69, 9.17) is 0 Å². The summed E-state index contributed by atoms with van der Waals surface area (Å²) in [5, 5.41) is 5.69. The number of hydrogen-bond donors (Lipinski definition) is 1. The van der Waals surface area contributed by atoms with E-state index in [1.807, 2.05) is 11.3 Å². The van der Waals surface area contributed by atoms with E-state index >= 15 is 0 Å². The lowest BCUT2D eigenvalue weighted by Gasteiger charge is -2.03. The lowest BCUT2D eigenvalue weighted by molar-refractivity contribution is 0.738. The van der Waals surface area contributed by atoms with Crippen molar-refractivity contribution < 1.29 is 0 Å². The Morgan fingerprint density at radius 3 is 3.07 bits per heavy atom. The van der Waals surface area contributed by atoms with Gasteiger partial charge in [-0.25, -0.2) is 0 Å². The van der Waals surface area contributed by atoms with E-state index in [9.17, 15) is 0 Å². The maximum Gasteiger partial charge on any atom is 0.0302 e. The van der Waals surface area contributed by atoms with E-state index in [1.54, 1.807) is 0 Å². The monoisotopic (exact) mass is 241 g/mol. The molecule has 1 aliphatic carbocycles. The molecule has 0 bridgehead atoms. The van der Waals surface area contributed by atoms with Crippen molar-refractivity contribution in [2.75, 3.05) is 18.1 Å². The fraction of sp³-hybridized carbons (Fsp3) is 0.667. The first-order valence-corrected chi connectivity index (χ1v) is 7.71. The van der Waals surface area contributed by atoms with Crippen molar-refractivity contribution in [2.24, 2.45) is 5.92 Å². The van der Waals surface area contributed by atoms with Crippen molar-refractivity contribution in [3.63, 3.8) is 0 Å². The third-order valence-electron chi connectivity index (χ3n) is 2.73. The number of nitrogens with one attached hydrogen (secondary N) is 1. The number of aryl methyl sites for hydroxylation is 1. The van der Waals surface area contributed by atoms with Gasteiger partial charge in [-0.3, -0.25) is 0 Å². The molecular weight excluding hydrogens is 222 g/mol. The second kappa shape index (κ2) is 5.92. The van der Waals surface area contributed by atoms with E-state index in [-0.39, 0.29) is 0 Å². The van der Waals surface area contributed by atoms with Gasteiger partial charge in [-0.15, -0.1) is 11.3 Å². The van der Waals surface area contributed by atoms with Gasteiger partial charge in [0.15, 0.2) is 0 Å². The molecule has 1 saturated carbocycles. The van der Waals surface area contributed by atoms with Gasteiger partial charge >= 0.3 is 0 Å². The molecule has 1 heterocycles. The highest BCUT2D eigenvalue weighted by molar-refractivity contribution is 7.99. The largest absolute Gasteiger partial charge is 0.311 e. The molecular formula is C12H19NS2. The molecule has 0 saturated heterocycles. The molecule has 1 aromatic heterocycles. The number of thiophene rings is 1. The molecule has 84 valence electrons. The van der Waals surface area contributed by atoms with Crippen LogP contribution in [-0.4, -0.2) is 18.1 Å². The molecule has 1 fully saturated rings. The van der Waals surface area contributed by atoms with Crippen LogP contribution in [0.4, 0.5) is 0 Å². The van der Waals surface area contributed by atoms with Gasteiger partial charge in [0.05, 0.1) is 0 Å². The predicted octanol–water partition coefficient (Wildman–Crippen LogP) is 3.29. The summed E-state index contributed by atoms with van der Waals surface area (Å²) in [6.07, 6.45) is 2.96. The van der Waals surface area contributed by atoms with Crippen molar-refractivity contribution in [1.82, 2.24) is 5.32 Å². The summed E-state index contributed by atoms with van der Waals surface area (Å²) in [5.74, 6) is 3.72. The Morgan fingerprint density at radius 2 is 2.40 bits per heavy atom. The minimum atomic E-state index is 1.05. The summed E-state index contributed by atoms with van der Waals surface area (Å²) < 4.78 is 0. The Bertz CT molecular complexity index is 292. The lowest BCUT2D eigenvalue weighted by atomic mass is 10.3. The van der Waals surface area contributed by atoms with Crippen molar-refractivity contribution in [2.45, 2.75) is 26.3 Å². The standard InChI is InChI=1S/C12H19NS2/c1-10-4-6-15-12(10)8-13-5-7-14-9-11-2-3-11/h4,6,11,13H,2-3,5,7-9H2,1H3. The van der Waals surface area contributed by atoms with Crippen LogP contribution in [0.5, 0.6) is 0 Å². The zero-order valence-electron chi connectivity index (χ0n) is 9.29. The van der Waals surface area contributed by atoms with Crippen LogP contribution in [0.2, 0.25) is 0 Å². The number of hydrogen-bond acceptors (Lipinski definition) is 3. The first-order chi connectivity index (χ1) is 7.36. The minimum Gasteiger partial charge on any atom is -0.311 e. The van der Waals surface area contributed by atoms with Crippen molar-refractivity contribution in [3.8, 4) is 0 Å². The van der Waals surface area contributed by atoms with Gasteiger partial charge in [0.25, 0.3) is 0 Å². The topological polar surface area (TPSA) is 12.0 Å². The molecule has 0 aliphatic heterocycles. The Hall–Kier alpha value is 0.01000. The van der Waals surface area contributed by atoms with E-state index in [1.165, 1.54) is 34.8 Å². The van der Waals surface area contributed by atoms with Crippen LogP contribution >= 0.6 is 23.1 Å². The van der Waals surface area contributed by atoms with Crippen LogP contribution in [-0.2, 0) is 6.54 Å². The van der Waals surface area contributed by atoms with Crippen LogP contribution < -0.4 is 5.32 Å². The third-order valence-corrected chi connectivity index (χ3v) is 4.95. The summed E-state index contributed by atoms with van der Waals surface area (Å²) in [7, 11) is 0. The molecule has 0 atom stereocenters. The van der Waals surface area contributed by atoms with E-state index in [0.717, 1.165) is 19.0 Å². The Labute approximate surface area is 101 Å². The third kappa shape index (κ3) is 4.17. The molecule has 2 rings (SSSR count). The first-order valence-electron chi connectivity index (χ1n) is 5.67. The molecule has 1 nitrogen and oxygen atoms in total. The van der Waals surface area contributed by atoms with Gasteiger partial charge in [0.1, 0.15) is 0 Å². The SMILES string of the molecule is Cc1ccsc1CNCCSCC1CC1. The summed E-state index contributed by atoms with van der Waals surface area (Å²) in [6, 6.07) is 2.20. The number of rotatable bonds is 7. The molecule has 15 heavy (non-hydrogen) atoms. The molecule has 0 amide bonds. The highest BCUT2D eigenvalue weighted by Gasteiger charge is 2.20. The van der Waals surface area contributed by atoms with Crippen LogP contribution in [0.3, 0.4) is 0 Å². The Kier molecular flexibility index (Phi) is 4.54. The van der Waals surface area contributed by atoms with E-state index in [2.05, 4.69) is 35.4 Å². The fourth-order valence-electron chi connectivity index (χ4n) is 1.47. The molecule has 0 spiro atoms. The van der Waals surface area contributed by atoms with Crippen LogP contribution in [0.15, 0.2) is 11.4 Å². The zero-order valence-corrected chi connectivity index (χ0v) is 10.9. The summed E-state index contributed by atoms with van der Waals surface area (Å²) in [4.78, 5) is 1.49. The van der Waals surface area contributed by atoms with E-state index in [0.29, 0.717) is 0 Å². The van der Waals surface area contributed by atoms with Gasteiger partial charge < -0.3 is 5.32 Å². The quantitative estimate of drug-likeness (QED) is 0.735. The zero-order chi connectivity index (χ0) is 10.5. The average Bonchev–Trinajstić information content (AvgIpc) is 2.96. The van der Waals surface area contributed by atoms with Crippen LogP contribution in [0, 0.1) is 12.8 Å². The normalized spacial score (nSPS) is 15.8. The summed E-state index contributed by atoms with van der Waals surface area (Å²) in [6.45, 7) is 4.39. The second-order valence-corrected chi connectivity index (χ2v) is 6.37. The molecule has 1 aliphatic rings. The minimum absolute atomic E-state index is 1.05. The molecule has 1 N–H and O–H groups in total. The second-order valence-electron chi connectivity index (χ2n) is 4.22. The van der Waals surface area contributed by atoms with Gasteiger partial charge in [-0.2, -0.15) is 11.8 Å². The smallest absolute Gasteiger partial charge is 0.0302 e. The Balaban J connectivity index is 1.49. The van der Waals surface area contributed by atoms with E-state index < -0.39 is 0 Å². The van der Waals surface area contributed by atoms with Crippen molar-refractivity contribution in [3.05, 3.63) is 21.9 Å². The maximum atomic E-state index is 3.51. The predicted molar refractivity (Wildman–Crippen MR) is 70.8 cm³/mol. The fourth-order valence-corrected chi connectivity index (χ4v) is 3.46. The summed E-state index contributed by atoms with van der Waals surface area (Å²) in [5.41, 5.74) is 1.43.